The fraction of sp³-hybridized carbons (Fsp3) is 0.350. The van der Waals surface area contributed by atoms with E-state index >= 15 is 0 Å². The van der Waals surface area contributed by atoms with Gasteiger partial charge in [-0.2, -0.15) is 13.2 Å². The number of alkyl halides is 3. The Morgan fingerprint density at radius 2 is 1.63 bits per heavy atom. The lowest BCUT2D eigenvalue weighted by atomic mass is 10.0. The first kappa shape index (κ1) is 20.8. The molecular weight excluding hydrogens is 355 g/mol. The van der Waals surface area contributed by atoms with Crippen molar-refractivity contribution in [3.05, 3.63) is 71.3 Å². The Labute approximate surface area is 157 Å². The molecule has 7 heteroatoms. The van der Waals surface area contributed by atoms with E-state index in [-0.39, 0.29) is 6.04 Å². The molecule has 2 amide bonds. The number of nitrogens with one attached hydrogen (secondary N) is 2. The van der Waals surface area contributed by atoms with Crippen LogP contribution >= 0.6 is 0 Å². The van der Waals surface area contributed by atoms with Crippen LogP contribution in [0.25, 0.3) is 0 Å². The molecule has 2 unspecified atom stereocenters. The van der Waals surface area contributed by atoms with E-state index in [0.29, 0.717) is 12.1 Å². The maximum Gasteiger partial charge on any atom is 0.416 e. The first-order valence-corrected chi connectivity index (χ1v) is 8.60. The Balaban J connectivity index is 2.06. The van der Waals surface area contributed by atoms with Crippen molar-refractivity contribution < 1.29 is 18.0 Å². The second-order valence-corrected chi connectivity index (χ2v) is 6.69. The molecule has 27 heavy (non-hydrogen) atoms. The van der Waals surface area contributed by atoms with E-state index in [9.17, 15) is 18.0 Å². The number of likely N-dealkylation sites (N-methyl/N-ethyl adjacent to an activating group) is 1. The van der Waals surface area contributed by atoms with Gasteiger partial charge in [-0.15, -0.1) is 0 Å². The van der Waals surface area contributed by atoms with E-state index in [1.54, 1.807) is 13.0 Å². The number of nitrogens with zero attached hydrogens (tertiary/aromatic N) is 1. The summed E-state index contributed by atoms with van der Waals surface area (Å²) in [4.78, 5) is 14.4. The third-order valence-electron chi connectivity index (χ3n) is 4.12. The smallest absolute Gasteiger partial charge is 0.332 e. The van der Waals surface area contributed by atoms with E-state index in [2.05, 4.69) is 10.6 Å². The third kappa shape index (κ3) is 6.29. The Hall–Kier alpha value is -2.54. The summed E-state index contributed by atoms with van der Waals surface area (Å²) in [5, 5.41) is 5.61. The summed E-state index contributed by atoms with van der Waals surface area (Å²) in [6.45, 7) is 2.24. The quantitative estimate of drug-likeness (QED) is 0.783. The molecule has 0 aliphatic carbocycles. The lowest BCUT2D eigenvalue weighted by Crippen LogP contribution is -2.42. The first-order chi connectivity index (χ1) is 12.7. The third-order valence-corrected chi connectivity index (χ3v) is 4.12. The zero-order chi connectivity index (χ0) is 20.0. The summed E-state index contributed by atoms with van der Waals surface area (Å²) in [5.74, 6) is 0. The number of hydrogen-bond acceptors (Lipinski definition) is 2. The number of rotatable bonds is 6. The van der Waals surface area contributed by atoms with Crippen molar-refractivity contribution in [3.8, 4) is 0 Å². The second-order valence-electron chi connectivity index (χ2n) is 6.69. The number of hydrogen-bond donors (Lipinski definition) is 2. The molecule has 2 aromatic rings. The maximum atomic E-state index is 12.9. The number of benzene rings is 2. The summed E-state index contributed by atoms with van der Waals surface area (Å²) in [7, 11) is 3.81. The largest absolute Gasteiger partial charge is 0.416 e. The monoisotopic (exact) mass is 379 g/mol. The highest BCUT2D eigenvalue weighted by Gasteiger charge is 2.30. The molecule has 2 rings (SSSR count). The molecule has 0 aliphatic heterocycles. The number of urea groups is 1. The van der Waals surface area contributed by atoms with Gasteiger partial charge in [0.25, 0.3) is 0 Å². The standard InChI is InChI=1S/C20H24F3N3O/c1-14(16-10-7-11-17(12-16)20(21,22)23)24-19(27)25-18(13-26(2)3)15-8-5-4-6-9-15/h4-12,14,18H,13H2,1-3H3,(H2,24,25,27). The van der Waals surface area contributed by atoms with Gasteiger partial charge in [0.05, 0.1) is 17.6 Å². The predicted molar refractivity (Wildman–Crippen MR) is 99.3 cm³/mol. The molecule has 4 nitrogen and oxygen atoms in total. The Morgan fingerprint density at radius 3 is 2.22 bits per heavy atom. The molecule has 2 aromatic carbocycles. The first-order valence-electron chi connectivity index (χ1n) is 8.60. The van der Waals surface area contributed by atoms with Gasteiger partial charge in [-0.25, -0.2) is 4.79 Å². The summed E-state index contributed by atoms with van der Waals surface area (Å²) >= 11 is 0. The number of amides is 2. The van der Waals surface area contributed by atoms with Crippen LogP contribution in [0, 0.1) is 0 Å². The van der Waals surface area contributed by atoms with Gasteiger partial charge in [-0.3, -0.25) is 0 Å². The molecule has 0 radical (unpaired) electrons. The molecule has 0 aliphatic rings. The van der Waals surface area contributed by atoms with Gasteiger partial charge in [0, 0.05) is 6.54 Å². The molecule has 0 spiro atoms. The van der Waals surface area contributed by atoms with Crippen molar-refractivity contribution in [1.82, 2.24) is 15.5 Å². The normalized spacial score (nSPS) is 13.9. The fourth-order valence-electron chi connectivity index (χ4n) is 2.75. The highest BCUT2D eigenvalue weighted by atomic mass is 19.4. The number of halogens is 3. The minimum Gasteiger partial charge on any atom is -0.332 e. The second kappa shape index (κ2) is 8.90. The minimum absolute atomic E-state index is 0.241. The van der Waals surface area contributed by atoms with Gasteiger partial charge < -0.3 is 15.5 Å². The molecule has 0 saturated heterocycles. The van der Waals surface area contributed by atoms with Gasteiger partial charge in [0.2, 0.25) is 0 Å². The van der Waals surface area contributed by atoms with Crippen molar-refractivity contribution in [2.24, 2.45) is 0 Å². The number of carbonyl (C=O) groups excluding carboxylic acids is 1. The van der Waals surface area contributed by atoms with Crippen LogP contribution in [0.1, 0.15) is 35.7 Å². The molecule has 0 saturated carbocycles. The molecule has 0 bridgehead atoms. The fourth-order valence-corrected chi connectivity index (χ4v) is 2.75. The Morgan fingerprint density at radius 1 is 1.00 bits per heavy atom. The lowest BCUT2D eigenvalue weighted by molar-refractivity contribution is -0.137. The van der Waals surface area contributed by atoms with Crippen molar-refractivity contribution in [1.29, 1.82) is 0 Å². The molecule has 2 atom stereocenters. The lowest BCUT2D eigenvalue weighted by Gasteiger charge is -2.24. The average Bonchev–Trinajstić information content (AvgIpc) is 2.61. The number of carbonyl (C=O) groups is 1. The highest BCUT2D eigenvalue weighted by molar-refractivity contribution is 5.75. The molecule has 0 fully saturated rings. The molecule has 2 N–H and O–H groups in total. The van der Waals surface area contributed by atoms with Crippen LogP contribution in [-0.4, -0.2) is 31.6 Å². The van der Waals surface area contributed by atoms with Crippen LogP contribution in [0.5, 0.6) is 0 Å². The van der Waals surface area contributed by atoms with Crippen LogP contribution in [-0.2, 0) is 6.18 Å². The van der Waals surface area contributed by atoms with E-state index in [1.165, 1.54) is 6.07 Å². The van der Waals surface area contributed by atoms with Crippen LogP contribution in [0.15, 0.2) is 54.6 Å². The van der Waals surface area contributed by atoms with Gasteiger partial charge in [-0.05, 0) is 44.3 Å². The van der Waals surface area contributed by atoms with Gasteiger partial charge in [0.1, 0.15) is 0 Å². The van der Waals surface area contributed by atoms with Crippen LogP contribution in [0.4, 0.5) is 18.0 Å². The topological polar surface area (TPSA) is 44.4 Å². The molecule has 0 heterocycles. The average molecular weight is 379 g/mol. The van der Waals surface area contributed by atoms with Crippen LogP contribution < -0.4 is 10.6 Å². The Kier molecular flexibility index (Phi) is 6.85. The van der Waals surface area contributed by atoms with Gasteiger partial charge in [-0.1, -0.05) is 42.5 Å². The zero-order valence-corrected chi connectivity index (χ0v) is 15.5. The maximum absolute atomic E-state index is 12.9. The SMILES string of the molecule is CC(NC(=O)NC(CN(C)C)c1ccccc1)c1cccc(C(F)(F)F)c1. The van der Waals surface area contributed by atoms with E-state index < -0.39 is 23.8 Å². The van der Waals surface area contributed by atoms with Crippen molar-refractivity contribution >= 4 is 6.03 Å². The van der Waals surface area contributed by atoms with E-state index in [0.717, 1.165) is 17.7 Å². The summed E-state index contributed by atoms with van der Waals surface area (Å²) in [6, 6.07) is 13.3. The van der Waals surface area contributed by atoms with Crippen LogP contribution in [0.2, 0.25) is 0 Å². The van der Waals surface area contributed by atoms with E-state index in [4.69, 9.17) is 0 Å². The van der Waals surface area contributed by atoms with Crippen molar-refractivity contribution in [3.63, 3.8) is 0 Å². The molecular formula is C20H24F3N3O. The Bertz CT molecular complexity index is 748. The molecule has 0 aromatic heterocycles. The summed E-state index contributed by atoms with van der Waals surface area (Å²) in [6.07, 6.45) is -4.41. The summed E-state index contributed by atoms with van der Waals surface area (Å²) in [5.41, 5.74) is 0.612. The van der Waals surface area contributed by atoms with Crippen molar-refractivity contribution in [2.45, 2.75) is 25.2 Å². The van der Waals surface area contributed by atoms with Crippen molar-refractivity contribution in [2.75, 3.05) is 20.6 Å². The summed E-state index contributed by atoms with van der Waals surface area (Å²) < 4.78 is 38.6. The molecule has 146 valence electrons. The van der Waals surface area contributed by atoms with E-state index in [1.807, 2.05) is 49.3 Å². The van der Waals surface area contributed by atoms with Crippen LogP contribution in [0.3, 0.4) is 0 Å². The zero-order valence-electron chi connectivity index (χ0n) is 15.5. The van der Waals surface area contributed by atoms with Gasteiger partial charge >= 0.3 is 12.2 Å². The highest BCUT2D eigenvalue weighted by Crippen LogP contribution is 2.30. The van der Waals surface area contributed by atoms with Gasteiger partial charge in [0.15, 0.2) is 0 Å². The minimum atomic E-state index is -4.41. The predicted octanol–water partition coefficient (Wildman–Crippen LogP) is 4.37.